The molecule has 3 rings (SSSR count). The fourth-order valence-electron chi connectivity index (χ4n) is 2.56. The van der Waals surface area contributed by atoms with Crippen molar-refractivity contribution in [1.29, 1.82) is 0 Å². The number of nitrogens with zero attached hydrogens (tertiary/aromatic N) is 2. The molecule has 0 radical (unpaired) electrons. The van der Waals surface area contributed by atoms with Crippen LogP contribution in [-0.2, 0) is 6.42 Å². The maximum Gasteiger partial charge on any atom is 0.225 e. The smallest absolute Gasteiger partial charge is 0.225 e. The average molecular weight is 332 g/mol. The van der Waals surface area contributed by atoms with Crippen LogP contribution in [0, 0.1) is 0 Å². The van der Waals surface area contributed by atoms with Crippen molar-refractivity contribution in [1.82, 2.24) is 9.97 Å². The molecule has 0 aliphatic heterocycles. The summed E-state index contributed by atoms with van der Waals surface area (Å²) in [6.07, 6.45) is 1.04. The van der Waals surface area contributed by atoms with Crippen LogP contribution in [-0.4, -0.2) is 16.0 Å². The Morgan fingerprint density at radius 1 is 0.920 bits per heavy atom. The summed E-state index contributed by atoms with van der Waals surface area (Å²) in [5.74, 6) is 1.41. The van der Waals surface area contributed by atoms with Gasteiger partial charge < -0.3 is 10.6 Å². The summed E-state index contributed by atoms with van der Waals surface area (Å²) < 4.78 is 0. The summed E-state index contributed by atoms with van der Waals surface area (Å²) in [6, 6.07) is 20.8. The highest BCUT2D eigenvalue weighted by Crippen LogP contribution is 2.24. The van der Waals surface area contributed by atoms with Gasteiger partial charge in [0, 0.05) is 23.4 Å². The second-order valence-electron chi connectivity index (χ2n) is 6.30. The molecule has 0 unspecified atom stereocenters. The van der Waals surface area contributed by atoms with Gasteiger partial charge in [-0.1, -0.05) is 49.4 Å². The molecular formula is C21H24N4. The number of aryl methyl sites for hydroxylation is 1. The van der Waals surface area contributed by atoms with E-state index in [1.165, 1.54) is 5.56 Å². The number of aromatic nitrogens is 2. The Kier molecular flexibility index (Phi) is 5.29. The highest BCUT2D eigenvalue weighted by atomic mass is 15.2. The highest BCUT2D eigenvalue weighted by molar-refractivity contribution is 5.67. The first-order chi connectivity index (χ1) is 12.1. The van der Waals surface area contributed by atoms with Gasteiger partial charge in [0.2, 0.25) is 5.95 Å². The molecule has 0 saturated carbocycles. The Morgan fingerprint density at radius 3 is 2.28 bits per heavy atom. The molecule has 2 N–H and O–H groups in total. The Balaban J connectivity index is 1.93. The van der Waals surface area contributed by atoms with E-state index < -0.39 is 0 Å². The summed E-state index contributed by atoms with van der Waals surface area (Å²) in [5, 5.41) is 6.69. The largest absolute Gasteiger partial charge is 0.352 e. The molecule has 2 aromatic carbocycles. The minimum atomic E-state index is 0.266. The fraction of sp³-hybridized carbons (Fsp3) is 0.238. The summed E-state index contributed by atoms with van der Waals surface area (Å²) >= 11 is 0. The molecular weight excluding hydrogens is 308 g/mol. The Labute approximate surface area is 149 Å². The van der Waals surface area contributed by atoms with Crippen LogP contribution in [0.3, 0.4) is 0 Å². The van der Waals surface area contributed by atoms with Crippen molar-refractivity contribution in [2.24, 2.45) is 0 Å². The number of nitrogens with one attached hydrogen (secondary N) is 2. The van der Waals surface area contributed by atoms with Gasteiger partial charge in [-0.15, -0.1) is 0 Å². The van der Waals surface area contributed by atoms with Crippen molar-refractivity contribution in [2.45, 2.75) is 33.2 Å². The maximum absolute atomic E-state index is 4.65. The van der Waals surface area contributed by atoms with Crippen molar-refractivity contribution in [2.75, 3.05) is 10.6 Å². The Bertz CT molecular complexity index is 811. The number of hydrogen-bond acceptors (Lipinski definition) is 4. The lowest BCUT2D eigenvalue weighted by Crippen LogP contribution is -2.13. The van der Waals surface area contributed by atoms with Gasteiger partial charge in [0.25, 0.3) is 0 Å². The minimum Gasteiger partial charge on any atom is -0.352 e. The van der Waals surface area contributed by atoms with Gasteiger partial charge in [0.1, 0.15) is 5.82 Å². The Morgan fingerprint density at radius 2 is 1.64 bits per heavy atom. The van der Waals surface area contributed by atoms with Crippen LogP contribution < -0.4 is 10.6 Å². The third-order valence-electron chi connectivity index (χ3n) is 3.85. The van der Waals surface area contributed by atoms with Crippen LogP contribution in [0.5, 0.6) is 0 Å². The van der Waals surface area contributed by atoms with E-state index in [1.807, 2.05) is 24.3 Å². The fourth-order valence-corrected chi connectivity index (χ4v) is 2.56. The standard InChI is InChI=1S/C21H24N4/c1-4-16-10-12-18(13-11-16)23-20-14-19(17-8-6-5-7-9-17)24-21(25-20)22-15(2)3/h5-15H,4H2,1-3H3,(H2,22,23,24,25). The molecule has 0 saturated heterocycles. The van der Waals surface area contributed by atoms with Gasteiger partial charge in [0.05, 0.1) is 5.69 Å². The van der Waals surface area contributed by atoms with Gasteiger partial charge in [-0.25, -0.2) is 4.98 Å². The van der Waals surface area contributed by atoms with Gasteiger partial charge >= 0.3 is 0 Å². The summed E-state index contributed by atoms with van der Waals surface area (Å²) in [5.41, 5.74) is 4.30. The molecule has 128 valence electrons. The molecule has 1 aromatic heterocycles. The second-order valence-corrected chi connectivity index (χ2v) is 6.30. The summed E-state index contributed by atoms with van der Waals surface area (Å²) in [7, 11) is 0. The molecule has 0 bridgehead atoms. The van der Waals surface area contributed by atoms with Crippen LogP contribution in [0.2, 0.25) is 0 Å². The highest BCUT2D eigenvalue weighted by Gasteiger charge is 2.08. The van der Waals surface area contributed by atoms with Crippen LogP contribution >= 0.6 is 0 Å². The lowest BCUT2D eigenvalue weighted by atomic mass is 10.1. The van der Waals surface area contributed by atoms with E-state index >= 15 is 0 Å². The van der Waals surface area contributed by atoms with Crippen molar-refractivity contribution >= 4 is 17.5 Å². The first-order valence-corrected chi connectivity index (χ1v) is 8.71. The zero-order valence-corrected chi connectivity index (χ0v) is 15.0. The normalized spacial score (nSPS) is 10.7. The molecule has 0 amide bonds. The van der Waals surface area contributed by atoms with Gasteiger partial charge in [-0.05, 0) is 38.0 Å². The molecule has 0 spiro atoms. The monoisotopic (exact) mass is 332 g/mol. The summed E-state index contributed by atoms with van der Waals surface area (Å²) in [4.78, 5) is 9.25. The van der Waals surface area contributed by atoms with E-state index in [0.717, 1.165) is 29.2 Å². The topological polar surface area (TPSA) is 49.8 Å². The van der Waals surface area contributed by atoms with Crippen LogP contribution in [0.4, 0.5) is 17.5 Å². The van der Waals surface area contributed by atoms with Crippen LogP contribution in [0.15, 0.2) is 60.7 Å². The number of benzene rings is 2. The average Bonchev–Trinajstić information content (AvgIpc) is 2.62. The SMILES string of the molecule is CCc1ccc(Nc2cc(-c3ccccc3)nc(NC(C)C)n2)cc1. The molecule has 3 aromatic rings. The van der Waals surface area contributed by atoms with Crippen molar-refractivity contribution < 1.29 is 0 Å². The van der Waals surface area contributed by atoms with Crippen LogP contribution in [0.1, 0.15) is 26.3 Å². The first-order valence-electron chi connectivity index (χ1n) is 8.71. The first kappa shape index (κ1) is 17.0. The molecule has 0 fully saturated rings. The van der Waals surface area contributed by atoms with E-state index in [0.29, 0.717) is 5.95 Å². The maximum atomic E-state index is 4.65. The van der Waals surface area contributed by atoms with Crippen molar-refractivity contribution in [3.05, 3.63) is 66.2 Å². The predicted octanol–water partition coefficient (Wildman–Crippen LogP) is 5.27. The second kappa shape index (κ2) is 7.79. The lowest BCUT2D eigenvalue weighted by Gasteiger charge is -2.13. The van der Waals surface area contributed by atoms with Gasteiger partial charge in [-0.3, -0.25) is 0 Å². The quantitative estimate of drug-likeness (QED) is 0.645. The van der Waals surface area contributed by atoms with E-state index in [4.69, 9.17) is 0 Å². The van der Waals surface area contributed by atoms with Crippen LogP contribution in [0.25, 0.3) is 11.3 Å². The zero-order valence-electron chi connectivity index (χ0n) is 15.0. The third-order valence-corrected chi connectivity index (χ3v) is 3.85. The number of anilines is 3. The van der Waals surface area contributed by atoms with Crippen molar-refractivity contribution in [3.63, 3.8) is 0 Å². The number of hydrogen-bond donors (Lipinski definition) is 2. The number of rotatable bonds is 6. The predicted molar refractivity (Wildman–Crippen MR) is 105 cm³/mol. The van der Waals surface area contributed by atoms with E-state index in [1.54, 1.807) is 0 Å². The molecule has 0 aliphatic rings. The van der Waals surface area contributed by atoms with Gasteiger partial charge in [-0.2, -0.15) is 4.98 Å². The van der Waals surface area contributed by atoms with E-state index in [-0.39, 0.29) is 6.04 Å². The van der Waals surface area contributed by atoms with E-state index in [2.05, 4.69) is 77.8 Å². The lowest BCUT2D eigenvalue weighted by molar-refractivity contribution is 0.876. The molecule has 1 heterocycles. The zero-order chi connectivity index (χ0) is 17.6. The van der Waals surface area contributed by atoms with Gasteiger partial charge in [0.15, 0.2) is 0 Å². The molecule has 0 atom stereocenters. The van der Waals surface area contributed by atoms with Crippen molar-refractivity contribution in [3.8, 4) is 11.3 Å². The third kappa shape index (κ3) is 4.57. The molecule has 4 heteroatoms. The molecule has 25 heavy (non-hydrogen) atoms. The molecule has 0 aliphatic carbocycles. The Hall–Kier alpha value is -2.88. The summed E-state index contributed by atoms with van der Waals surface area (Å²) in [6.45, 7) is 6.31. The minimum absolute atomic E-state index is 0.266. The van der Waals surface area contributed by atoms with E-state index in [9.17, 15) is 0 Å². The molecule has 4 nitrogen and oxygen atoms in total.